The maximum atomic E-state index is 6.43. The Morgan fingerprint density at radius 1 is 1.00 bits per heavy atom. The number of rotatable bonds is 3. The van der Waals surface area contributed by atoms with Gasteiger partial charge in [0.25, 0.3) is 0 Å². The van der Waals surface area contributed by atoms with E-state index in [0.29, 0.717) is 0 Å². The summed E-state index contributed by atoms with van der Waals surface area (Å²) in [5.74, 6) is 0.937. The van der Waals surface area contributed by atoms with Crippen LogP contribution in [-0.2, 0) is 0 Å². The zero-order valence-corrected chi connectivity index (χ0v) is 18.2. The molecule has 0 aliphatic heterocycles. The SMILES string of the molecule is Cc1cc2ccc3c(c4ccc(NC5=CCCC=C5Cl)cc4n3C3=CC=CCC3)c2o1. The molecule has 4 heteroatoms. The molecule has 31 heavy (non-hydrogen) atoms. The van der Waals surface area contributed by atoms with Crippen molar-refractivity contribution in [3.8, 4) is 0 Å². The molecule has 0 spiro atoms. The van der Waals surface area contributed by atoms with Crippen LogP contribution in [0.15, 0.2) is 81.9 Å². The Balaban J connectivity index is 1.62. The highest BCUT2D eigenvalue weighted by Crippen LogP contribution is 2.40. The number of benzene rings is 2. The van der Waals surface area contributed by atoms with Gasteiger partial charge in [-0.05, 0) is 75.1 Å². The quantitative estimate of drug-likeness (QED) is 0.357. The summed E-state index contributed by atoms with van der Waals surface area (Å²) in [7, 11) is 0. The van der Waals surface area contributed by atoms with Crippen molar-refractivity contribution in [2.45, 2.75) is 32.6 Å². The zero-order chi connectivity index (χ0) is 20.9. The molecule has 6 rings (SSSR count). The molecule has 0 amide bonds. The van der Waals surface area contributed by atoms with Gasteiger partial charge in [-0.15, -0.1) is 0 Å². The summed E-state index contributed by atoms with van der Waals surface area (Å²) >= 11 is 6.43. The summed E-state index contributed by atoms with van der Waals surface area (Å²) < 4.78 is 8.55. The fraction of sp³-hybridized carbons (Fsp3) is 0.185. The summed E-state index contributed by atoms with van der Waals surface area (Å²) in [4.78, 5) is 0. The number of hydrogen-bond donors (Lipinski definition) is 1. The highest BCUT2D eigenvalue weighted by atomic mass is 35.5. The number of nitrogens with zero attached hydrogens (tertiary/aromatic N) is 1. The van der Waals surface area contributed by atoms with E-state index in [1.165, 1.54) is 27.5 Å². The van der Waals surface area contributed by atoms with Gasteiger partial charge in [-0.1, -0.05) is 35.9 Å². The monoisotopic (exact) mass is 426 g/mol. The maximum absolute atomic E-state index is 6.43. The molecule has 2 aromatic heterocycles. The number of aryl methyl sites for hydroxylation is 1. The second-order valence-corrected chi connectivity index (χ2v) is 8.71. The first-order valence-electron chi connectivity index (χ1n) is 10.9. The minimum atomic E-state index is 0.791. The van der Waals surface area contributed by atoms with E-state index in [-0.39, 0.29) is 0 Å². The van der Waals surface area contributed by atoms with Crippen LogP contribution in [0.4, 0.5) is 5.69 Å². The van der Waals surface area contributed by atoms with Gasteiger partial charge < -0.3 is 14.3 Å². The van der Waals surface area contributed by atoms with Gasteiger partial charge in [0.15, 0.2) is 0 Å². The largest absolute Gasteiger partial charge is 0.461 e. The molecule has 2 aliphatic carbocycles. The second kappa shape index (κ2) is 7.21. The van der Waals surface area contributed by atoms with Gasteiger partial charge in [0.05, 0.1) is 27.1 Å². The molecule has 0 atom stereocenters. The topological polar surface area (TPSA) is 30.1 Å². The highest BCUT2D eigenvalue weighted by molar-refractivity contribution is 6.32. The first kappa shape index (κ1) is 18.6. The number of anilines is 1. The first-order chi connectivity index (χ1) is 15.2. The van der Waals surface area contributed by atoms with Crippen molar-refractivity contribution in [3.63, 3.8) is 0 Å². The van der Waals surface area contributed by atoms with E-state index in [9.17, 15) is 0 Å². The third-order valence-corrected chi connectivity index (χ3v) is 6.55. The van der Waals surface area contributed by atoms with Crippen LogP contribution in [-0.4, -0.2) is 4.57 Å². The van der Waals surface area contributed by atoms with E-state index >= 15 is 0 Å². The van der Waals surface area contributed by atoms with Crippen molar-refractivity contribution >= 4 is 55.8 Å². The molecule has 3 nitrogen and oxygen atoms in total. The van der Waals surface area contributed by atoms with Crippen LogP contribution < -0.4 is 5.32 Å². The van der Waals surface area contributed by atoms with Gasteiger partial charge in [0.1, 0.15) is 11.3 Å². The van der Waals surface area contributed by atoms with Gasteiger partial charge in [-0.3, -0.25) is 0 Å². The highest BCUT2D eigenvalue weighted by Gasteiger charge is 2.19. The Kier molecular flexibility index (Phi) is 4.32. The Hall–Kier alpha value is -3.17. The lowest BCUT2D eigenvalue weighted by Gasteiger charge is -2.16. The van der Waals surface area contributed by atoms with Gasteiger partial charge in [0.2, 0.25) is 0 Å². The van der Waals surface area contributed by atoms with Crippen molar-refractivity contribution in [2.24, 2.45) is 0 Å². The molecule has 0 radical (unpaired) electrons. The van der Waals surface area contributed by atoms with Crippen LogP contribution in [0.5, 0.6) is 0 Å². The molecule has 0 saturated carbocycles. The molecule has 2 aromatic carbocycles. The van der Waals surface area contributed by atoms with E-state index in [1.54, 1.807) is 0 Å². The number of halogens is 1. The summed E-state index contributed by atoms with van der Waals surface area (Å²) in [5, 5.41) is 7.85. The van der Waals surface area contributed by atoms with Crippen LogP contribution in [0.1, 0.15) is 31.4 Å². The summed E-state index contributed by atoms with van der Waals surface area (Å²) in [6, 6.07) is 13.1. The van der Waals surface area contributed by atoms with Crippen molar-refractivity contribution in [2.75, 3.05) is 5.32 Å². The Morgan fingerprint density at radius 3 is 2.74 bits per heavy atom. The van der Waals surface area contributed by atoms with E-state index in [2.05, 4.69) is 76.7 Å². The summed E-state index contributed by atoms with van der Waals surface area (Å²) in [6.07, 6.45) is 14.9. The van der Waals surface area contributed by atoms with E-state index in [1.807, 2.05) is 6.92 Å². The minimum absolute atomic E-state index is 0.791. The Bertz CT molecular complexity index is 1480. The molecule has 1 N–H and O–H groups in total. The van der Waals surface area contributed by atoms with Crippen molar-refractivity contribution in [3.05, 3.63) is 83.3 Å². The van der Waals surface area contributed by atoms with E-state index in [0.717, 1.165) is 58.8 Å². The first-order valence-corrected chi connectivity index (χ1v) is 11.2. The van der Waals surface area contributed by atoms with Crippen LogP contribution >= 0.6 is 11.6 Å². The minimum Gasteiger partial charge on any atom is -0.461 e. The number of allylic oxidation sites excluding steroid dienone is 7. The third-order valence-electron chi connectivity index (χ3n) is 6.19. The van der Waals surface area contributed by atoms with E-state index in [4.69, 9.17) is 16.0 Å². The van der Waals surface area contributed by atoms with Gasteiger partial charge in [0, 0.05) is 22.2 Å². The van der Waals surface area contributed by atoms with Crippen LogP contribution in [0.3, 0.4) is 0 Å². The Morgan fingerprint density at radius 2 is 1.90 bits per heavy atom. The van der Waals surface area contributed by atoms with E-state index < -0.39 is 0 Å². The second-order valence-electron chi connectivity index (χ2n) is 8.30. The molecular formula is C27H23ClN2O. The van der Waals surface area contributed by atoms with Crippen molar-refractivity contribution in [1.82, 2.24) is 4.57 Å². The van der Waals surface area contributed by atoms with Gasteiger partial charge >= 0.3 is 0 Å². The molecule has 154 valence electrons. The van der Waals surface area contributed by atoms with Crippen LogP contribution in [0, 0.1) is 6.92 Å². The number of hydrogen-bond acceptors (Lipinski definition) is 2. The lowest BCUT2D eigenvalue weighted by Crippen LogP contribution is -2.03. The van der Waals surface area contributed by atoms with Gasteiger partial charge in [-0.2, -0.15) is 0 Å². The molecule has 2 aliphatic rings. The summed E-state index contributed by atoms with van der Waals surface area (Å²) in [6.45, 7) is 2.01. The number of aromatic nitrogens is 1. The lowest BCUT2D eigenvalue weighted by molar-refractivity contribution is 0.581. The molecule has 0 bridgehead atoms. The van der Waals surface area contributed by atoms with Crippen molar-refractivity contribution in [1.29, 1.82) is 0 Å². The average Bonchev–Trinajstić information content (AvgIpc) is 3.32. The van der Waals surface area contributed by atoms with Crippen LogP contribution in [0.25, 0.3) is 38.5 Å². The molecule has 4 aromatic rings. The number of fused-ring (bicyclic) bond motifs is 5. The normalized spacial score (nSPS) is 16.6. The molecule has 2 heterocycles. The fourth-order valence-electron chi connectivity index (χ4n) is 4.80. The third kappa shape index (κ3) is 3.03. The molecule has 0 saturated heterocycles. The lowest BCUT2D eigenvalue weighted by atomic mass is 10.1. The smallest absolute Gasteiger partial charge is 0.144 e. The average molecular weight is 427 g/mol. The predicted molar refractivity (Wildman–Crippen MR) is 131 cm³/mol. The van der Waals surface area contributed by atoms with Crippen molar-refractivity contribution < 1.29 is 4.42 Å². The maximum Gasteiger partial charge on any atom is 0.144 e. The molecule has 0 unspecified atom stereocenters. The predicted octanol–water partition coefficient (Wildman–Crippen LogP) is 8.25. The standard InChI is InChI=1S/C27H23ClN2O/c1-17-15-18-11-14-24-26(27(18)31-17)21-13-12-19(29-23-10-6-5-9-22(23)28)16-25(21)30(24)20-7-3-2-4-8-20/h2-3,7,9-16,29H,4-6,8H2,1H3. The Labute approximate surface area is 186 Å². The molecule has 0 fully saturated rings. The summed E-state index contributed by atoms with van der Waals surface area (Å²) in [5.41, 5.74) is 6.66. The zero-order valence-electron chi connectivity index (χ0n) is 17.4. The van der Waals surface area contributed by atoms with Gasteiger partial charge in [-0.25, -0.2) is 0 Å². The number of nitrogens with one attached hydrogen (secondary N) is 1. The van der Waals surface area contributed by atoms with Crippen LogP contribution in [0.2, 0.25) is 0 Å². The number of furan rings is 1. The fourth-order valence-corrected chi connectivity index (χ4v) is 5.03. The molecular weight excluding hydrogens is 404 g/mol.